The SMILES string of the molecule is CCCCCCCCCCCCCCCCc1ccc(C(O)(c2ccc(CCCCCCCCCCCCCCCC)cc2)c2cc(Br)ccc2-c2cc3sc(-c4ccc(Br)cc4C(O)(c4ccc(CCCCCCCCCCCCCCCC)cc4)c4ccc(CCCCCCCCCCCCCCCC)cc4)cc3s2)cc1. The van der Waals surface area contributed by atoms with Crippen molar-refractivity contribution in [3.05, 3.63) is 210 Å². The molecule has 0 saturated heterocycles. The molecule has 0 spiro atoms. The molecule has 0 radical (unpaired) electrons. The molecular weight excluding hydrogens is 1550 g/mol. The van der Waals surface area contributed by atoms with Crippen LogP contribution in [0.2, 0.25) is 0 Å². The molecule has 628 valence electrons. The van der Waals surface area contributed by atoms with E-state index in [4.69, 9.17) is 0 Å². The highest BCUT2D eigenvalue weighted by molar-refractivity contribution is 9.10. The molecule has 0 aliphatic rings. The van der Waals surface area contributed by atoms with Gasteiger partial charge in [0.1, 0.15) is 11.2 Å². The summed E-state index contributed by atoms with van der Waals surface area (Å²) in [6, 6.07) is 53.9. The summed E-state index contributed by atoms with van der Waals surface area (Å²) >= 11 is 11.5. The lowest BCUT2D eigenvalue weighted by molar-refractivity contribution is 0.126. The number of unbranched alkanes of at least 4 members (excludes halogenated alkanes) is 52. The first kappa shape index (κ1) is 95.3. The number of thiophene rings is 2. The summed E-state index contributed by atoms with van der Waals surface area (Å²) in [6.45, 7) is 9.22. The normalized spacial score (nSPS) is 12.0. The summed E-state index contributed by atoms with van der Waals surface area (Å²) in [5.41, 5.74) is 9.87. The van der Waals surface area contributed by atoms with Crippen molar-refractivity contribution >= 4 is 63.9 Å². The van der Waals surface area contributed by atoms with Crippen LogP contribution in [0.5, 0.6) is 0 Å². The molecule has 2 nitrogen and oxygen atoms in total. The molecule has 0 bridgehead atoms. The van der Waals surface area contributed by atoms with Crippen molar-refractivity contribution < 1.29 is 10.2 Å². The Morgan fingerprint density at radius 3 is 0.579 bits per heavy atom. The van der Waals surface area contributed by atoms with Crippen molar-refractivity contribution in [3.63, 3.8) is 0 Å². The molecule has 0 amide bonds. The number of halogens is 2. The van der Waals surface area contributed by atoms with E-state index < -0.39 is 11.2 Å². The van der Waals surface area contributed by atoms with Crippen LogP contribution in [0, 0.1) is 0 Å². The Balaban J connectivity index is 0.986. The maximum atomic E-state index is 14.1. The topological polar surface area (TPSA) is 40.5 Å². The Morgan fingerprint density at radius 2 is 0.395 bits per heavy atom. The second-order valence-electron chi connectivity index (χ2n) is 34.9. The zero-order valence-corrected chi connectivity index (χ0v) is 77.6. The highest BCUT2D eigenvalue weighted by Gasteiger charge is 2.39. The van der Waals surface area contributed by atoms with Crippen LogP contribution in [0.4, 0.5) is 0 Å². The van der Waals surface area contributed by atoms with Gasteiger partial charge in [-0.15, -0.1) is 22.7 Å². The van der Waals surface area contributed by atoms with Crippen molar-refractivity contribution in [1.29, 1.82) is 0 Å². The van der Waals surface area contributed by atoms with Gasteiger partial charge in [0.2, 0.25) is 0 Å². The average molecular weight is 1710 g/mol. The number of fused-ring (bicyclic) bond motifs is 1. The van der Waals surface area contributed by atoms with Crippen LogP contribution in [0.3, 0.4) is 0 Å². The number of hydrogen-bond donors (Lipinski definition) is 2. The van der Waals surface area contributed by atoms with E-state index in [0.29, 0.717) is 0 Å². The lowest BCUT2D eigenvalue weighted by Crippen LogP contribution is -2.29. The molecule has 114 heavy (non-hydrogen) atoms. The Morgan fingerprint density at radius 1 is 0.219 bits per heavy atom. The summed E-state index contributed by atoms with van der Waals surface area (Å²) in [5, 5.41) is 28.1. The third-order valence-electron chi connectivity index (χ3n) is 25.2. The number of aryl methyl sites for hydroxylation is 4. The van der Waals surface area contributed by atoms with Crippen molar-refractivity contribution in [1.82, 2.24) is 0 Å². The van der Waals surface area contributed by atoms with Crippen LogP contribution in [-0.2, 0) is 36.9 Å². The number of hydrogen-bond acceptors (Lipinski definition) is 4. The molecule has 0 unspecified atom stereocenters. The fourth-order valence-corrected chi connectivity index (χ4v) is 21.1. The summed E-state index contributed by atoms with van der Waals surface area (Å²) in [7, 11) is 0. The van der Waals surface area contributed by atoms with Crippen LogP contribution in [-0.4, -0.2) is 10.2 Å². The van der Waals surface area contributed by atoms with Crippen LogP contribution >= 0.6 is 54.5 Å². The first-order valence-corrected chi connectivity index (χ1v) is 51.3. The predicted octanol–water partition coefficient (Wildman–Crippen LogP) is 36.5. The van der Waals surface area contributed by atoms with Crippen LogP contribution in [0.1, 0.15) is 443 Å². The monoisotopic (exact) mass is 1710 g/mol. The highest BCUT2D eigenvalue weighted by atomic mass is 79.9. The third-order valence-corrected chi connectivity index (χ3v) is 28.6. The second kappa shape index (κ2) is 57.9. The molecule has 2 heterocycles. The van der Waals surface area contributed by atoms with Crippen LogP contribution in [0.15, 0.2) is 155 Å². The van der Waals surface area contributed by atoms with Gasteiger partial charge in [-0.05, 0) is 143 Å². The Hall–Kier alpha value is -4.14. The maximum Gasteiger partial charge on any atom is 0.141 e. The number of aliphatic hydroxyl groups is 2. The summed E-state index contributed by atoms with van der Waals surface area (Å²) in [5.74, 6) is 0. The molecule has 0 aliphatic carbocycles. The molecule has 0 saturated carbocycles. The Bertz CT molecular complexity index is 3300. The molecule has 6 heteroatoms. The van der Waals surface area contributed by atoms with E-state index in [-0.39, 0.29) is 0 Å². The van der Waals surface area contributed by atoms with E-state index >= 15 is 0 Å². The van der Waals surface area contributed by atoms with Crippen LogP contribution in [0.25, 0.3) is 30.3 Å². The van der Waals surface area contributed by atoms with E-state index in [1.165, 1.54) is 391 Å². The van der Waals surface area contributed by atoms with Gasteiger partial charge >= 0.3 is 0 Å². The summed E-state index contributed by atoms with van der Waals surface area (Å²) in [6.07, 6.45) is 80.6. The van der Waals surface area contributed by atoms with Crippen molar-refractivity contribution in [2.75, 3.05) is 0 Å². The van der Waals surface area contributed by atoms with Gasteiger partial charge in [-0.1, -0.05) is 503 Å². The van der Waals surface area contributed by atoms with E-state index in [9.17, 15) is 10.2 Å². The van der Waals surface area contributed by atoms with Gasteiger partial charge in [-0.25, -0.2) is 0 Å². The van der Waals surface area contributed by atoms with Gasteiger partial charge in [-0.3, -0.25) is 0 Å². The first-order valence-electron chi connectivity index (χ1n) is 48.1. The lowest BCUT2D eigenvalue weighted by Gasteiger charge is -2.32. The van der Waals surface area contributed by atoms with Crippen molar-refractivity contribution in [3.8, 4) is 20.9 Å². The molecule has 2 aromatic heterocycles. The molecule has 0 atom stereocenters. The third kappa shape index (κ3) is 34.2. The second-order valence-corrected chi connectivity index (χ2v) is 38.9. The van der Waals surface area contributed by atoms with E-state index in [2.05, 4.69) is 205 Å². The lowest BCUT2D eigenvalue weighted by atomic mass is 9.77. The van der Waals surface area contributed by atoms with Gasteiger partial charge in [0.05, 0.1) is 0 Å². The molecule has 0 fully saturated rings. The van der Waals surface area contributed by atoms with E-state index in [0.717, 1.165) is 88.9 Å². The van der Waals surface area contributed by atoms with Crippen molar-refractivity contribution in [2.45, 2.75) is 424 Å². The molecular formula is C108H158Br2O2S2. The number of rotatable bonds is 68. The van der Waals surface area contributed by atoms with Gasteiger partial charge in [0.15, 0.2) is 0 Å². The average Bonchev–Trinajstić information content (AvgIpc) is 1.34. The smallest absolute Gasteiger partial charge is 0.141 e. The minimum atomic E-state index is -1.44. The zero-order chi connectivity index (χ0) is 80.2. The Labute approximate surface area is 723 Å². The van der Waals surface area contributed by atoms with Gasteiger partial charge < -0.3 is 10.2 Å². The fourth-order valence-electron chi connectivity index (χ4n) is 17.9. The first-order chi connectivity index (χ1) is 56.1. The molecule has 8 aromatic rings. The van der Waals surface area contributed by atoms with Gasteiger partial charge in [-0.2, -0.15) is 0 Å². The minimum absolute atomic E-state index is 0.877. The molecule has 0 aliphatic heterocycles. The highest BCUT2D eigenvalue weighted by Crippen LogP contribution is 2.50. The van der Waals surface area contributed by atoms with E-state index in [1.54, 1.807) is 22.7 Å². The molecule has 8 rings (SSSR count). The van der Waals surface area contributed by atoms with Crippen molar-refractivity contribution in [2.24, 2.45) is 0 Å². The molecule has 2 N–H and O–H groups in total. The molecule has 6 aromatic carbocycles. The largest absolute Gasteiger partial charge is 0.376 e. The summed E-state index contributed by atoms with van der Waals surface area (Å²) in [4.78, 5) is 2.26. The predicted molar refractivity (Wildman–Crippen MR) is 512 cm³/mol. The van der Waals surface area contributed by atoms with Gasteiger partial charge in [0, 0.05) is 39.2 Å². The van der Waals surface area contributed by atoms with Gasteiger partial charge in [0.25, 0.3) is 0 Å². The van der Waals surface area contributed by atoms with E-state index in [1.807, 2.05) is 0 Å². The minimum Gasteiger partial charge on any atom is -0.376 e. The standard InChI is InChI=1S/C108H158Br2O2S2/c1-5-9-13-17-21-25-29-33-37-41-45-49-53-57-61-89-65-73-93(74-66-89)107(111,94-75-67-90(68-76-94)62-58-54-50-46-42-38-34-30-26-22-18-14-10-6-2)101-85-97(109)81-83-99(101)103-87-105-106(113-103)88-104(114-105)100-84-82-98(110)86-102(100)108(112,95-77-69-91(70-78-95)63-59-55-51-47-43-39-35-31-27-23-19-15-11-7-3)96-79-71-92(72-80-96)64-60-56-52-48-44-40-36-32-28-24-20-16-12-8-4/h65-88,111-112H,5-64H2,1-4H3. The summed E-state index contributed by atoms with van der Waals surface area (Å²) < 4.78 is 4.28. The fraction of sp³-hybridized carbons (Fsp3) is 0.611. The Kier molecular flexibility index (Phi) is 48.4. The maximum absolute atomic E-state index is 14.1. The quantitative estimate of drug-likeness (QED) is 0.0295. The van der Waals surface area contributed by atoms with Crippen LogP contribution < -0.4 is 0 Å². The number of benzene rings is 6. The zero-order valence-electron chi connectivity index (χ0n) is 72.7.